The fraction of sp³-hybridized carbons (Fsp3) is 0.143. The largest absolute Gasteiger partial charge is 0.382 e. The van der Waals surface area contributed by atoms with E-state index in [1.165, 1.54) is 12.1 Å². The summed E-state index contributed by atoms with van der Waals surface area (Å²) in [4.78, 5) is 0. The summed E-state index contributed by atoms with van der Waals surface area (Å²) in [5.74, 6) is 0.0427. The van der Waals surface area contributed by atoms with E-state index in [0.29, 0.717) is 0 Å². The predicted octanol–water partition coefficient (Wildman–Crippen LogP) is -0.359. The summed E-state index contributed by atoms with van der Waals surface area (Å²) in [6, 6.07) is 7.56. The van der Waals surface area contributed by atoms with Crippen LogP contribution in [0.3, 0.4) is 0 Å². The van der Waals surface area contributed by atoms with Gasteiger partial charge in [-0.3, -0.25) is 0 Å². The fourth-order valence-electron chi connectivity index (χ4n) is 0.848. The van der Waals surface area contributed by atoms with Crippen molar-refractivity contribution in [3.63, 3.8) is 0 Å². The number of hydrogen-bond acceptors (Lipinski definition) is 5. The Morgan fingerprint density at radius 3 is 2.07 bits per heavy atom. The number of rotatable bonds is 4. The van der Waals surface area contributed by atoms with Crippen LogP contribution in [-0.2, 0) is 20.1 Å². The monoisotopic (exact) mass is 251 g/mol. The van der Waals surface area contributed by atoms with Crippen molar-refractivity contribution >= 4 is 20.1 Å². The molecular formula is C7H9NO5S2. The molecule has 1 aromatic carbocycles. The lowest BCUT2D eigenvalue weighted by Crippen LogP contribution is -2.26. The number of nitrogens with two attached hydrogens (primary N) is 1. The molecule has 84 valence electrons. The Balaban J connectivity index is 2.83. The number of para-hydroxylation sites is 1. The number of sulfonamides is 1. The zero-order valence-electron chi connectivity index (χ0n) is 7.53. The van der Waals surface area contributed by atoms with Gasteiger partial charge in [-0.05, 0) is 12.1 Å². The Hall–Kier alpha value is -1.12. The lowest BCUT2D eigenvalue weighted by molar-refractivity contribution is 0.490. The zero-order valence-corrected chi connectivity index (χ0v) is 9.16. The van der Waals surface area contributed by atoms with Crippen molar-refractivity contribution in [2.45, 2.75) is 0 Å². The van der Waals surface area contributed by atoms with Crippen LogP contribution in [0.5, 0.6) is 5.75 Å². The van der Waals surface area contributed by atoms with E-state index in [0.717, 1.165) is 0 Å². The molecule has 0 fully saturated rings. The van der Waals surface area contributed by atoms with Crippen molar-refractivity contribution in [1.29, 1.82) is 0 Å². The molecule has 0 saturated heterocycles. The molecule has 0 radical (unpaired) electrons. The van der Waals surface area contributed by atoms with Gasteiger partial charge in [0.05, 0.1) is 0 Å². The van der Waals surface area contributed by atoms with Gasteiger partial charge in [0, 0.05) is 0 Å². The zero-order chi connectivity index (χ0) is 11.5. The standard InChI is InChI=1S/C7H9NO5S2/c8-14(9,10)6-15(11,12)13-7-4-2-1-3-5-7/h1-5H,6H2,(H2,8,9,10). The summed E-state index contributed by atoms with van der Waals surface area (Å²) in [5, 5.41) is 3.35. The molecule has 0 saturated carbocycles. The first-order valence-electron chi connectivity index (χ1n) is 3.76. The minimum atomic E-state index is -4.21. The van der Waals surface area contributed by atoms with Crippen molar-refractivity contribution in [2.75, 3.05) is 5.08 Å². The minimum Gasteiger partial charge on any atom is -0.382 e. The van der Waals surface area contributed by atoms with E-state index in [2.05, 4.69) is 9.32 Å². The maximum atomic E-state index is 11.1. The van der Waals surface area contributed by atoms with E-state index < -0.39 is 25.2 Å². The van der Waals surface area contributed by atoms with Crippen LogP contribution in [0.15, 0.2) is 30.3 Å². The first-order valence-corrected chi connectivity index (χ1v) is 7.05. The number of hydrogen-bond donors (Lipinski definition) is 1. The summed E-state index contributed by atoms with van der Waals surface area (Å²) in [5.41, 5.74) is 0. The average molecular weight is 251 g/mol. The lowest BCUT2D eigenvalue weighted by Gasteiger charge is -2.04. The summed E-state index contributed by atoms with van der Waals surface area (Å²) < 4.78 is 47.9. The third-order valence-corrected chi connectivity index (χ3v) is 4.19. The quantitative estimate of drug-likeness (QED) is 0.736. The summed E-state index contributed by atoms with van der Waals surface area (Å²) in [7, 11) is -8.32. The van der Waals surface area contributed by atoms with E-state index in [9.17, 15) is 16.8 Å². The van der Waals surface area contributed by atoms with Gasteiger partial charge in [-0.1, -0.05) is 18.2 Å². The van der Waals surface area contributed by atoms with Gasteiger partial charge in [0.15, 0.2) is 0 Å². The molecule has 0 heterocycles. The van der Waals surface area contributed by atoms with Gasteiger partial charge in [-0.15, -0.1) is 0 Å². The molecule has 0 amide bonds. The minimum absolute atomic E-state index is 0.0427. The highest BCUT2D eigenvalue weighted by molar-refractivity contribution is 8.05. The highest BCUT2D eigenvalue weighted by Gasteiger charge is 2.20. The smallest absolute Gasteiger partial charge is 0.325 e. The third kappa shape index (κ3) is 4.77. The molecule has 8 heteroatoms. The average Bonchev–Trinajstić information content (AvgIpc) is 1.99. The van der Waals surface area contributed by atoms with Crippen LogP contribution in [0, 0.1) is 0 Å². The van der Waals surface area contributed by atoms with E-state index in [-0.39, 0.29) is 5.75 Å². The highest BCUT2D eigenvalue weighted by atomic mass is 32.3. The maximum absolute atomic E-state index is 11.1. The van der Waals surface area contributed by atoms with Crippen LogP contribution in [0.2, 0.25) is 0 Å². The Bertz CT molecular complexity index is 520. The van der Waals surface area contributed by atoms with Crippen LogP contribution in [0.4, 0.5) is 0 Å². The first-order chi connectivity index (χ1) is 6.79. The maximum Gasteiger partial charge on any atom is 0.325 e. The fourth-order valence-corrected chi connectivity index (χ4v) is 3.05. The van der Waals surface area contributed by atoms with Gasteiger partial charge in [0.1, 0.15) is 5.75 Å². The van der Waals surface area contributed by atoms with E-state index in [1.54, 1.807) is 18.2 Å². The molecule has 0 aromatic heterocycles. The molecule has 0 unspecified atom stereocenters. The Labute approximate surface area is 87.8 Å². The SMILES string of the molecule is NS(=O)(=O)CS(=O)(=O)Oc1ccccc1. The second-order valence-corrected chi connectivity index (χ2v) is 6.29. The van der Waals surface area contributed by atoms with Crippen molar-refractivity contribution < 1.29 is 21.0 Å². The molecule has 0 aliphatic rings. The molecule has 0 spiro atoms. The van der Waals surface area contributed by atoms with Gasteiger partial charge >= 0.3 is 10.1 Å². The van der Waals surface area contributed by atoms with Gasteiger partial charge in [-0.2, -0.15) is 8.42 Å². The van der Waals surface area contributed by atoms with Crippen LogP contribution in [0.25, 0.3) is 0 Å². The predicted molar refractivity (Wildman–Crippen MR) is 54.0 cm³/mol. The van der Waals surface area contributed by atoms with E-state index >= 15 is 0 Å². The highest BCUT2D eigenvalue weighted by Crippen LogP contribution is 2.12. The third-order valence-electron chi connectivity index (χ3n) is 1.28. The Morgan fingerprint density at radius 1 is 1.07 bits per heavy atom. The van der Waals surface area contributed by atoms with Gasteiger partial charge in [-0.25, -0.2) is 13.6 Å². The molecule has 0 atom stereocenters. The van der Waals surface area contributed by atoms with Crippen LogP contribution in [0.1, 0.15) is 0 Å². The van der Waals surface area contributed by atoms with Crippen LogP contribution < -0.4 is 9.32 Å². The van der Waals surface area contributed by atoms with Crippen LogP contribution >= 0.6 is 0 Å². The van der Waals surface area contributed by atoms with Crippen molar-refractivity contribution in [3.05, 3.63) is 30.3 Å². The first kappa shape index (κ1) is 12.0. The lowest BCUT2D eigenvalue weighted by atomic mass is 10.3. The molecule has 2 N–H and O–H groups in total. The summed E-state index contributed by atoms with van der Waals surface area (Å²) in [6.45, 7) is 0. The Kier molecular flexibility index (Phi) is 3.32. The molecule has 0 aliphatic heterocycles. The number of primary sulfonamides is 1. The second-order valence-electron chi connectivity index (χ2n) is 2.73. The number of benzene rings is 1. The van der Waals surface area contributed by atoms with Crippen molar-refractivity contribution in [2.24, 2.45) is 5.14 Å². The topological polar surface area (TPSA) is 104 Å². The van der Waals surface area contributed by atoms with Gasteiger partial charge < -0.3 is 4.18 Å². The van der Waals surface area contributed by atoms with E-state index in [1.807, 2.05) is 0 Å². The Morgan fingerprint density at radius 2 is 1.60 bits per heavy atom. The van der Waals surface area contributed by atoms with Crippen molar-refractivity contribution in [1.82, 2.24) is 0 Å². The summed E-state index contributed by atoms with van der Waals surface area (Å²) in [6.07, 6.45) is 0. The molecule has 15 heavy (non-hydrogen) atoms. The van der Waals surface area contributed by atoms with Crippen LogP contribution in [-0.4, -0.2) is 21.9 Å². The summed E-state index contributed by atoms with van der Waals surface area (Å²) >= 11 is 0. The molecule has 1 rings (SSSR count). The van der Waals surface area contributed by atoms with E-state index in [4.69, 9.17) is 0 Å². The molecular weight excluding hydrogens is 242 g/mol. The van der Waals surface area contributed by atoms with Crippen molar-refractivity contribution in [3.8, 4) is 5.75 Å². The van der Waals surface area contributed by atoms with Gasteiger partial charge in [0.2, 0.25) is 15.1 Å². The second kappa shape index (κ2) is 4.17. The molecule has 6 nitrogen and oxygen atoms in total. The normalized spacial score (nSPS) is 12.3. The molecule has 0 bridgehead atoms. The molecule has 1 aromatic rings. The van der Waals surface area contributed by atoms with Gasteiger partial charge in [0.25, 0.3) is 0 Å². The molecule has 0 aliphatic carbocycles.